The molecular weight excluding hydrogens is 266 g/mol. The molecule has 3 unspecified atom stereocenters. The summed E-state index contributed by atoms with van der Waals surface area (Å²) in [6.07, 6.45) is 9.72. The lowest BCUT2D eigenvalue weighted by atomic mass is 9.89. The van der Waals surface area contributed by atoms with Gasteiger partial charge in [-0.15, -0.1) is 0 Å². The lowest BCUT2D eigenvalue weighted by Gasteiger charge is -2.28. The zero-order valence-electron chi connectivity index (χ0n) is 13.5. The van der Waals surface area contributed by atoms with Crippen LogP contribution < -0.4 is 5.32 Å². The Kier molecular flexibility index (Phi) is 7.44. The summed E-state index contributed by atoms with van der Waals surface area (Å²) in [4.78, 5) is 0. The van der Waals surface area contributed by atoms with E-state index in [0.717, 1.165) is 38.0 Å². The van der Waals surface area contributed by atoms with Crippen molar-refractivity contribution in [3.8, 4) is 0 Å². The number of aliphatic hydroxyl groups excluding tert-OH is 2. The molecule has 0 aromatic carbocycles. The van der Waals surface area contributed by atoms with E-state index in [2.05, 4.69) is 12.2 Å². The van der Waals surface area contributed by atoms with Crippen LogP contribution in [-0.2, 0) is 4.74 Å². The van der Waals surface area contributed by atoms with Gasteiger partial charge in [-0.25, -0.2) is 0 Å². The van der Waals surface area contributed by atoms with Gasteiger partial charge in [0.1, 0.15) is 0 Å². The van der Waals surface area contributed by atoms with Gasteiger partial charge >= 0.3 is 0 Å². The highest BCUT2D eigenvalue weighted by Crippen LogP contribution is 2.25. The molecule has 0 heterocycles. The summed E-state index contributed by atoms with van der Waals surface area (Å²) in [7, 11) is 0. The van der Waals surface area contributed by atoms with E-state index in [-0.39, 0.29) is 12.1 Å². The van der Waals surface area contributed by atoms with E-state index in [1.165, 1.54) is 25.7 Å². The Bertz CT molecular complexity index is 279. The van der Waals surface area contributed by atoms with Crippen molar-refractivity contribution in [1.82, 2.24) is 5.32 Å². The summed E-state index contributed by atoms with van der Waals surface area (Å²) >= 11 is 0. The first-order valence-electron chi connectivity index (χ1n) is 8.86. The molecule has 0 aromatic rings. The molecule has 2 fully saturated rings. The van der Waals surface area contributed by atoms with Crippen LogP contribution in [0, 0.1) is 5.92 Å². The molecule has 21 heavy (non-hydrogen) atoms. The first-order valence-corrected chi connectivity index (χ1v) is 8.86. The van der Waals surface area contributed by atoms with E-state index >= 15 is 0 Å². The highest BCUT2D eigenvalue weighted by molar-refractivity contribution is 4.80. The van der Waals surface area contributed by atoms with E-state index in [4.69, 9.17) is 4.74 Å². The molecule has 0 amide bonds. The van der Waals surface area contributed by atoms with Gasteiger partial charge in [0.15, 0.2) is 0 Å². The normalized spacial score (nSPS) is 36.1. The predicted molar refractivity (Wildman–Crippen MR) is 84.3 cm³/mol. The van der Waals surface area contributed by atoms with Crippen molar-refractivity contribution in [2.75, 3.05) is 13.2 Å². The maximum atomic E-state index is 10.0. The molecule has 0 aliphatic heterocycles. The van der Waals surface area contributed by atoms with Crippen LogP contribution in [0.4, 0.5) is 0 Å². The lowest BCUT2D eigenvalue weighted by molar-refractivity contribution is -0.0297. The van der Waals surface area contributed by atoms with Crippen molar-refractivity contribution in [3.63, 3.8) is 0 Å². The predicted octanol–water partition coefficient (Wildman–Crippen LogP) is 2.23. The van der Waals surface area contributed by atoms with Crippen molar-refractivity contribution in [1.29, 1.82) is 0 Å². The minimum Gasteiger partial charge on any atom is -0.392 e. The smallest absolute Gasteiger partial charge is 0.0897 e. The fourth-order valence-corrected chi connectivity index (χ4v) is 3.52. The summed E-state index contributed by atoms with van der Waals surface area (Å²) in [6.45, 7) is 3.23. The molecule has 0 spiro atoms. The van der Waals surface area contributed by atoms with Crippen LogP contribution in [0.25, 0.3) is 0 Å². The maximum absolute atomic E-state index is 10.0. The summed E-state index contributed by atoms with van der Waals surface area (Å²) in [5, 5.41) is 23.4. The molecule has 2 aliphatic rings. The average Bonchev–Trinajstić information content (AvgIpc) is 2.69. The van der Waals surface area contributed by atoms with Gasteiger partial charge in [-0.05, 0) is 44.4 Å². The molecule has 124 valence electrons. The van der Waals surface area contributed by atoms with Crippen LogP contribution in [0.2, 0.25) is 0 Å². The first-order chi connectivity index (χ1) is 10.1. The lowest BCUT2D eigenvalue weighted by Crippen LogP contribution is -2.44. The standard InChI is InChI=1S/C17H33NO3/c1-13-7-9-15(10-8-13)21-12-14(19)11-18-16-5-3-2-4-6-17(16)20/h13-20H,2-12H2,1H3. The average molecular weight is 299 g/mol. The highest BCUT2D eigenvalue weighted by atomic mass is 16.5. The molecule has 2 saturated carbocycles. The number of hydrogen-bond donors (Lipinski definition) is 3. The summed E-state index contributed by atoms with van der Waals surface area (Å²) in [5.41, 5.74) is 0. The van der Waals surface area contributed by atoms with Gasteiger partial charge in [0, 0.05) is 12.6 Å². The van der Waals surface area contributed by atoms with Crippen LogP contribution in [0.5, 0.6) is 0 Å². The Hall–Kier alpha value is -0.160. The van der Waals surface area contributed by atoms with Crippen LogP contribution >= 0.6 is 0 Å². The SMILES string of the molecule is CC1CCC(OCC(O)CNC2CCCCCC2O)CC1. The Morgan fingerprint density at radius 3 is 2.52 bits per heavy atom. The van der Waals surface area contributed by atoms with Crippen molar-refractivity contribution in [2.45, 2.75) is 89.1 Å². The van der Waals surface area contributed by atoms with Gasteiger partial charge in [-0.1, -0.05) is 26.2 Å². The van der Waals surface area contributed by atoms with E-state index in [0.29, 0.717) is 19.3 Å². The molecule has 0 saturated heterocycles. The number of ether oxygens (including phenoxy) is 1. The van der Waals surface area contributed by atoms with Crippen molar-refractivity contribution in [2.24, 2.45) is 5.92 Å². The molecular formula is C17H33NO3. The van der Waals surface area contributed by atoms with E-state index in [1.807, 2.05) is 0 Å². The second-order valence-electron chi connectivity index (χ2n) is 7.09. The van der Waals surface area contributed by atoms with Crippen molar-refractivity contribution < 1.29 is 14.9 Å². The third-order valence-corrected chi connectivity index (χ3v) is 5.08. The van der Waals surface area contributed by atoms with Gasteiger partial charge in [0.25, 0.3) is 0 Å². The minimum absolute atomic E-state index is 0.137. The third kappa shape index (κ3) is 6.23. The number of aliphatic hydroxyl groups is 2. The Morgan fingerprint density at radius 1 is 1.05 bits per heavy atom. The van der Waals surface area contributed by atoms with Crippen LogP contribution in [-0.4, -0.2) is 47.7 Å². The Labute approximate surface area is 129 Å². The molecule has 0 aromatic heterocycles. The molecule has 0 bridgehead atoms. The molecule has 0 radical (unpaired) electrons. The number of hydrogen-bond acceptors (Lipinski definition) is 4. The van der Waals surface area contributed by atoms with Crippen LogP contribution in [0.15, 0.2) is 0 Å². The molecule has 3 N–H and O–H groups in total. The fraction of sp³-hybridized carbons (Fsp3) is 1.00. The first kappa shape index (κ1) is 17.2. The Morgan fingerprint density at radius 2 is 1.76 bits per heavy atom. The zero-order valence-corrected chi connectivity index (χ0v) is 13.5. The van der Waals surface area contributed by atoms with Gasteiger partial charge in [0.05, 0.1) is 24.9 Å². The quantitative estimate of drug-likeness (QED) is 0.658. The van der Waals surface area contributed by atoms with Gasteiger partial charge in [0.2, 0.25) is 0 Å². The second-order valence-corrected chi connectivity index (χ2v) is 7.09. The highest BCUT2D eigenvalue weighted by Gasteiger charge is 2.23. The zero-order chi connectivity index (χ0) is 15.1. The van der Waals surface area contributed by atoms with E-state index < -0.39 is 6.10 Å². The van der Waals surface area contributed by atoms with E-state index in [9.17, 15) is 10.2 Å². The summed E-state index contributed by atoms with van der Waals surface area (Å²) in [5.74, 6) is 0.827. The van der Waals surface area contributed by atoms with Crippen LogP contribution in [0.3, 0.4) is 0 Å². The molecule has 4 heteroatoms. The summed E-state index contributed by atoms with van der Waals surface area (Å²) in [6, 6.07) is 0.137. The number of rotatable bonds is 6. The second kappa shape index (κ2) is 9.09. The monoisotopic (exact) mass is 299 g/mol. The fourth-order valence-electron chi connectivity index (χ4n) is 3.52. The van der Waals surface area contributed by atoms with Gasteiger partial charge in [-0.3, -0.25) is 0 Å². The summed E-state index contributed by atoms with van der Waals surface area (Å²) < 4.78 is 5.83. The largest absolute Gasteiger partial charge is 0.392 e. The van der Waals surface area contributed by atoms with Crippen LogP contribution in [0.1, 0.15) is 64.7 Å². The number of nitrogens with one attached hydrogen (secondary N) is 1. The maximum Gasteiger partial charge on any atom is 0.0897 e. The molecule has 4 nitrogen and oxygen atoms in total. The molecule has 2 aliphatic carbocycles. The molecule has 2 rings (SSSR count). The molecule has 3 atom stereocenters. The van der Waals surface area contributed by atoms with Crippen molar-refractivity contribution >= 4 is 0 Å². The topological polar surface area (TPSA) is 61.7 Å². The third-order valence-electron chi connectivity index (χ3n) is 5.08. The van der Waals surface area contributed by atoms with E-state index in [1.54, 1.807) is 0 Å². The van der Waals surface area contributed by atoms with Gasteiger partial charge in [-0.2, -0.15) is 0 Å². The van der Waals surface area contributed by atoms with Crippen molar-refractivity contribution in [3.05, 3.63) is 0 Å². The minimum atomic E-state index is -0.472. The Balaban J connectivity index is 1.59. The van der Waals surface area contributed by atoms with Gasteiger partial charge < -0.3 is 20.3 Å².